The lowest BCUT2D eigenvalue weighted by atomic mass is 10.2. The first kappa shape index (κ1) is 16.0. The Morgan fingerprint density at radius 3 is 2.84 bits per heavy atom. The molecule has 0 spiro atoms. The molecule has 0 aliphatic carbocycles. The molecule has 7 heteroatoms. The average Bonchev–Trinajstić information content (AvgIpc) is 2.37. The molecule has 4 nitrogen and oxygen atoms in total. The maximum absolute atomic E-state index is 13.6. The SMILES string of the molecule is CCOC(=O)c1cc(NCC(O)CCl)c(F)cc1Cl. The van der Waals surface area contributed by atoms with Crippen LogP contribution in [0.3, 0.4) is 0 Å². The maximum atomic E-state index is 13.6. The van der Waals surface area contributed by atoms with Gasteiger partial charge >= 0.3 is 5.97 Å². The maximum Gasteiger partial charge on any atom is 0.339 e. The van der Waals surface area contributed by atoms with Crippen molar-refractivity contribution in [3.8, 4) is 0 Å². The lowest BCUT2D eigenvalue weighted by Crippen LogP contribution is -2.21. The van der Waals surface area contributed by atoms with Crippen molar-refractivity contribution < 1.29 is 19.0 Å². The van der Waals surface area contributed by atoms with Crippen molar-refractivity contribution in [2.45, 2.75) is 13.0 Å². The molecule has 0 aliphatic heterocycles. The first-order valence-electron chi connectivity index (χ1n) is 5.63. The molecule has 0 fully saturated rings. The Morgan fingerprint density at radius 1 is 1.58 bits per heavy atom. The molecule has 1 aromatic carbocycles. The molecule has 2 N–H and O–H groups in total. The fraction of sp³-hybridized carbons (Fsp3) is 0.417. The second-order valence-electron chi connectivity index (χ2n) is 3.72. The van der Waals surface area contributed by atoms with Gasteiger partial charge in [0.25, 0.3) is 0 Å². The van der Waals surface area contributed by atoms with E-state index in [1.165, 1.54) is 6.07 Å². The number of nitrogens with one attached hydrogen (secondary N) is 1. The normalized spacial score (nSPS) is 12.1. The molecule has 1 unspecified atom stereocenters. The van der Waals surface area contributed by atoms with Gasteiger partial charge in [0.1, 0.15) is 5.82 Å². The highest BCUT2D eigenvalue weighted by Gasteiger charge is 2.16. The summed E-state index contributed by atoms with van der Waals surface area (Å²) in [4.78, 5) is 11.6. The van der Waals surface area contributed by atoms with E-state index >= 15 is 0 Å². The minimum atomic E-state index is -0.817. The van der Waals surface area contributed by atoms with Crippen LogP contribution in [0.5, 0.6) is 0 Å². The summed E-state index contributed by atoms with van der Waals surface area (Å²) in [7, 11) is 0. The van der Waals surface area contributed by atoms with Crippen molar-refractivity contribution in [1.82, 2.24) is 0 Å². The summed E-state index contributed by atoms with van der Waals surface area (Å²) >= 11 is 11.2. The van der Waals surface area contributed by atoms with Gasteiger partial charge in [0.15, 0.2) is 0 Å². The van der Waals surface area contributed by atoms with E-state index < -0.39 is 17.9 Å². The summed E-state index contributed by atoms with van der Waals surface area (Å²) in [5.74, 6) is -1.24. The Labute approximate surface area is 120 Å². The predicted molar refractivity (Wildman–Crippen MR) is 72.6 cm³/mol. The number of hydrogen-bond donors (Lipinski definition) is 2. The third kappa shape index (κ3) is 4.53. The Balaban J connectivity index is 2.93. The number of ether oxygens (including phenoxy) is 1. The van der Waals surface area contributed by atoms with Crippen LogP contribution in [0.4, 0.5) is 10.1 Å². The van der Waals surface area contributed by atoms with Crippen LogP contribution in [-0.2, 0) is 4.74 Å². The summed E-state index contributed by atoms with van der Waals surface area (Å²) in [5, 5.41) is 11.9. The molecule has 19 heavy (non-hydrogen) atoms. The monoisotopic (exact) mass is 309 g/mol. The molecule has 1 rings (SSSR count). The third-order valence-corrected chi connectivity index (χ3v) is 2.93. The van der Waals surface area contributed by atoms with E-state index in [1.54, 1.807) is 6.92 Å². The molecule has 0 heterocycles. The molecule has 0 aromatic heterocycles. The molecule has 0 aliphatic rings. The van der Waals surface area contributed by atoms with Gasteiger partial charge < -0.3 is 15.2 Å². The molecule has 0 radical (unpaired) electrons. The smallest absolute Gasteiger partial charge is 0.339 e. The lowest BCUT2D eigenvalue weighted by molar-refractivity contribution is 0.0526. The summed E-state index contributed by atoms with van der Waals surface area (Å²) in [5.41, 5.74) is 0.115. The Kier molecular flexibility index (Phi) is 6.34. The van der Waals surface area contributed by atoms with Crippen LogP contribution in [0.25, 0.3) is 0 Å². The minimum absolute atomic E-state index is 0.0208. The van der Waals surface area contributed by atoms with Crippen molar-refractivity contribution in [3.05, 3.63) is 28.5 Å². The van der Waals surface area contributed by atoms with Gasteiger partial charge in [-0.2, -0.15) is 0 Å². The van der Waals surface area contributed by atoms with Crippen molar-refractivity contribution in [3.63, 3.8) is 0 Å². The molecular weight excluding hydrogens is 296 g/mol. The zero-order valence-electron chi connectivity index (χ0n) is 10.3. The Bertz CT molecular complexity index is 457. The quantitative estimate of drug-likeness (QED) is 0.626. The number of halogens is 3. The van der Waals surface area contributed by atoms with Crippen LogP contribution >= 0.6 is 23.2 Å². The highest BCUT2D eigenvalue weighted by atomic mass is 35.5. The fourth-order valence-electron chi connectivity index (χ4n) is 1.33. The van der Waals surface area contributed by atoms with Crippen LogP contribution in [0, 0.1) is 5.82 Å². The van der Waals surface area contributed by atoms with Gasteiger partial charge in [-0.05, 0) is 19.1 Å². The van der Waals surface area contributed by atoms with Gasteiger partial charge in [-0.15, -0.1) is 11.6 Å². The lowest BCUT2D eigenvalue weighted by Gasteiger charge is -2.13. The number of esters is 1. The van der Waals surface area contributed by atoms with E-state index in [9.17, 15) is 14.3 Å². The number of benzene rings is 1. The first-order chi connectivity index (χ1) is 8.99. The van der Waals surface area contributed by atoms with Crippen molar-refractivity contribution in [2.75, 3.05) is 24.3 Å². The van der Waals surface area contributed by atoms with E-state index in [-0.39, 0.29) is 35.3 Å². The van der Waals surface area contributed by atoms with Crippen molar-refractivity contribution in [1.29, 1.82) is 0 Å². The topological polar surface area (TPSA) is 58.6 Å². The van der Waals surface area contributed by atoms with E-state index in [4.69, 9.17) is 27.9 Å². The largest absolute Gasteiger partial charge is 0.462 e. The number of aliphatic hydroxyl groups is 1. The summed E-state index contributed by atoms with van der Waals surface area (Å²) in [6.45, 7) is 1.91. The average molecular weight is 310 g/mol. The highest BCUT2D eigenvalue weighted by Crippen LogP contribution is 2.25. The second kappa shape index (κ2) is 7.53. The zero-order chi connectivity index (χ0) is 14.4. The molecule has 0 saturated heterocycles. The van der Waals surface area contributed by atoms with Gasteiger partial charge in [0, 0.05) is 6.54 Å². The van der Waals surface area contributed by atoms with Crippen LogP contribution in [-0.4, -0.2) is 36.2 Å². The third-order valence-electron chi connectivity index (χ3n) is 2.26. The molecule has 1 aromatic rings. The van der Waals surface area contributed by atoms with Gasteiger partial charge in [-0.25, -0.2) is 9.18 Å². The standard InChI is InChI=1S/C12H14Cl2FNO3/c1-2-19-12(18)8-3-11(10(15)4-9(8)14)16-6-7(17)5-13/h3-4,7,16-17H,2,5-6H2,1H3. The number of alkyl halides is 1. The number of hydrogen-bond acceptors (Lipinski definition) is 4. The second-order valence-corrected chi connectivity index (χ2v) is 4.44. The van der Waals surface area contributed by atoms with Crippen LogP contribution in [0.15, 0.2) is 12.1 Å². The van der Waals surface area contributed by atoms with Crippen molar-refractivity contribution in [2.24, 2.45) is 0 Å². The summed E-state index contributed by atoms with van der Waals surface area (Å²) in [6.07, 6.45) is -0.817. The summed E-state index contributed by atoms with van der Waals surface area (Å²) < 4.78 is 18.4. The zero-order valence-corrected chi connectivity index (χ0v) is 11.8. The Hall–Kier alpha value is -1.04. The van der Waals surface area contributed by atoms with Crippen molar-refractivity contribution >= 4 is 34.9 Å². The molecule has 0 amide bonds. The van der Waals surface area contributed by atoms with E-state index in [1.807, 2.05) is 0 Å². The summed E-state index contributed by atoms with van der Waals surface area (Å²) in [6, 6.07) is 2.26. The fourth-order valence-corrected chi connectivity index (χ4v) is 1.67. The number of rotatable bonds is 6. The van der Waals surface area contributed by atoms with Gasteiger partial charge in [-0.3, -0.25) is 0 Å². The molecule has 0 bridgehead atoms. The number of carbonyl (C=O) groups excluding carboxylic acids is 1. The number of aliphatic hydroxyl groups excluding tert-OH is 1. The molecular formula is C12H14Cl2FNO3. The van der Waals surface area contributed by atoms with Crippen LogP contribution in [0.2, 0.25) is 5.02 Å². The first-order valence-corrected chi connectivity index (χ1v) is 6.54. The predicted octanol–water partition coefficient (Wildman–Crippen LogP) is 2.67. The van der Waals surface area contributed by atoms with Crippen LogP contribution in [0.1, 0.15) is 17.3 Å². The van der Waals surface area contributed by atoms with E-state index in [2.05, 4.69) is 5.32 Å². The number of carbonyl (C=O) groups is 1. The minimum Gasteiger partial charge on any atom is -0.462 e. The van der Waals surface area contributed by atoms with Gasteiger partial charge in [0.05, 0.1) is 34.9 Å². The molecule has 1 atom stereocenters. The van der Waals surface area contributed by atoms with Gasteiger partial charge in [0.2, 0.25) is 0 Å². The van der Waals surface area contributed by atoms with Crippen LogP contribution < -0.4 is 5.32 Å². The molecule has 0 saturated carbocycles. The van der Waals surface area contributed by atoms with Gasteiger partial charge in [-0.1, -0.05) is 11.6 Å². The van der Waals surface area contributed by atoms with E-state index in [0.717, 1.165) is 6.07 Å². The highest BCUT2D eigenvalue weighted by molar-refractivity contribution is 6.33. The molecule has 106 valence electrons. The van der Waals surface area contributed by atoms with E-state index in [0.29, 0.717) is 0 Å². The number of anilines is 1. The Morgan fingerprint density at radius 2 is 2.26 bits per heavy atom.